The number of hydrogen-bond donors (Lipinski definition) is 0. The van der Waals surface area contributed by atoms with Gasteiger partial charge in [-0.2, -0.15) is 0 Å². The fourth-order valence-electron chi connectivity index (χ4n) is 4.59. The van der Waals surface area contributed by atoms with Crippen LogP contribution in [0.15, 0.2) is 42.5 Å². The fourth-order valence-corrected chi connectivity index (χ4v) is 4.59. The Kier molecular flexibility index (Phi) is 1.82. The van der Waals surface area contributed by atoms with Crippen molar-refractivity contribution >= 4 is 0 Å². The number of rotatable bonds is 1. The van der Waals surface area contributed by atoms with Crippen molar-refractivity contribution in [3.05, 3.63) is 48.0 Å². The van der Waals surface area contributed by atoms with Gasteiger partial charge in [-0.15, -0.1) is 0 Å². The molecule has 4 aliphatic rings. The first kappa shape index (κ1) is 9.04. The minimum absolute atomic E-state index is 0.829. The van der Waals surface area contributed by atoms with E-state index >= 15 is 0 Å². The Balaban J connectivity index is 1.78. The lowest BCUT2D eigenvalue weighted by Gasteiger charge is -2.44. The van der Waals surface area contributed by atoms with E-state index in [0.717, 1.165) is 29.6 Å². The summed E-state index contributed by atoms with van der Waals surface area (Å²) >= 11 is 0. The van der Waals surface area contributed by atoms with Crippen LogP contribution in [0, 0.1) is 23.7 Å². The summed E-state index contributed by atoms with van der Waals surface area (Å²) in [6.45, 7) is 0. The molecule has 5 rings (SSSR count). The van der Waals surface area contributed by atoms with Crippen LogP contribution in [0.3, 0.4) is 0 Å². The third-order valence-electron chi connectivity index (χ3n) is 5.17. The SMILES string of the molecule is C1=C[C@H]2C[C@@H]3CC[C@H](C2c2ccccc2)[C@H]13. The zero-order valence-corrected chi connectivity index (χ0v) is 9.55. The molecule has 0 aliphatic heterocycles. The molecule has 0 saturated heterocycles. The van der Waals surface area contributed by atoms with E-state index in [1.165, 1.54) is 19.3 Å². The van der Waals surface area contributed by atoms with Crippen LogP contribution >= 0.6 is 0 Å². The molecule has 5 atom stereocenters. The summed E-state index contributed by atoms with van der Waals surface area (Å²) in [7, 11) is 0. The molecule has 0 heterocycles. The first-order valence-corrected chi connectivity index (χ1v) is 6.67. The molecule has 4 aliphatic carbocycles. The summed E-state index contributed by atoms with van der Waals surface area (Å²) in [6.07, 6.45) is 9.46. The average molecular weight is 210 g/mol. The van der Waals surface area contributed by atoms with Crippen molar-refractivity contribution in [1.29, 1.82) is 0 Å². The van der Waals surface area contributed by atoms with E-state index in [4.69, 9.17) is 0 Å². The van der Waals surface area contributed by atoms with Crippen molar-refractivity contribution in [3.8, 4) is 0 Å². The summed E-state index contributed by atoms with van der Waals surface area (Å²) in [6, 6.07) is 11.2. The number of hydrogen-bond acceptors (Lipinski definition) is 0. The predicted molar refractivity (Wildman–Crippen MR) is 66.1 cm³/mol. The highest BCUT2D eigenvalue weighted by molar-refractivity contribution is 5.29. The molecule has 0 heteroatoms. The topological polar surface area (TPSA) is 0 Å². The molecule has 82 valence electrons. The molecule has 0 radical (unpaired) electrons. The van der Waals surface area contributed by atoms with Gasteiger partial charge >= 0.3 is 0 Å². The maximum Gasteiger partial charge on any atom is -0.00649 e. The first-order valence-electron chi connectivity index (χ1n) is 6.67. The van der Waals surface area contributed by atoms with Crippen LogP contribution in [0.25, 0.3) is 0 Å². The maximum absolute atomic E-state index is 2.54. The Morgan fingerprint density at radius 3 is 2.69 bits per heavy atom. The minimum atomic E-state index is 0.829. The third-order valence-corrected chi connectivity index (χ3v) is 5.17. The molecule has 1 unspecified atom stereocenters. The van der Waals surface area contributed by atoms with Crippen LogP contribution in [0.1, 0.15) is 30.7 Å². The molecule has 0 N–H and O–H groups in total. The Morgan fingerprint density at radius 1 is 0.938 bits per heavy atom. The molecule has 1 aromatic carbocycles. The van der Waals surface area contributed by atoms with Gasteiger partial charge in [0.05, 0.1) is 0 Å². The van der Waals surface area contributed by atoms with Gasteiger partial charge in [0.15, 0.2) is 0 Å². The zero-order valence-electron chi connectivity index (χ0n) is 9.55. The average Bonchev–Trinajstić information content (AvgIpc) is 2.69. The minimum Gasteiger partial charge on any atom is -0.0845 e. The Bertz CT molecular complexity index is 417. The lowest BCUT2D eigenvalue weighted by atomic mass is 9.60. The molecular formula is C16H18. The highest BCUT2D eigenvalue weighted by Crippen LogP contribution is 2.59. The first-order chi connectivity index (χ1) is 7.93. The van der Waals surface area contributed by atoms with E-state index in [2.05, 4.69) is 42.5 Å². The van der Waals surface area contributed by atoms with Gasteiger partial charge in [-0.3, -0.25) is 0 Å². The van der Waals surface area contributed by atoms with Gasteiger partial charge in [-0.05, 0) is 54.4 Å². The van der Waals surface area contributed by atoms with Gasteiger partial charge in [-0.25, -0.2) is 0 Å². The van der Waals surface area contributed by atoms with E-state index in [1.807, 2.05) is 0 Å². The normalized spacial score (nSPS) is 43.9. The molecular weight excluding hydrogens is 192 g/mol. The van der Waals surface area contributed by atoms with Crippen LogP contribution in [0.5, 0.6) is 0 Å². The van der Waals surface area contributed by atoms with Crippen molar-refractivity contribution in [3.63, 3.8) is 0 Å². The van der Waals surface area contributed by atoms with E-state index in [9.17, 15) is 0 Å². The van der Waals surface area contributed by atoms with Crippen LogP contribution in [-0.2, 0) is 0 Å². The second kappa shape index (κ2) is 3.23. The summed E-state index contributed by atoms with van der Waals surface area (Å²) in [5.74, 6) is 4.56. The molecule has 2 fully saturated rings. The van der Waals surface area contributed by atoms with Gasteiger partial charge in [0.25, 0.3) is 0 Å². The van der Waals surface area contributed by atoms with Crippen molar-refractivity contribution in [1.82, 2.24) is 0 Å². The van der Waals surface area contributed by atoms with Gasteiger partial charge in [-0.1, -0.05) is 42.5 Å². The molecule has 0 nitrogen and oxygen atoms in total. The fraction of sp³-hybridized carbons (Fsp3) is 0.500. The Hall–Kier alpha value is -1.04. The summed E-state index contributed by atoms with van der Waals surface area (Å²) < 4.78 is 0. The zero-order chi connectivity index (χ0) is 10.5. The molecule has 2 saturated carbocycles. The second-order valence-corrected chi connectivity index (χ2v) is 5.80. The van der Waals surface area contributed by atoms with Gasteiger partial charge in [0.1, 0.15) is 0 Å². The smallest absolute Gasteiger partial charge is 0.00649 e. The van der Waals surface area contributed by atoms with Gasteiger partial charge in [0, 0.05) is 0 Å². The summed E-state index contributed by atoms with van der Waals surface area (Å²) in [5.41, 5.74) is 1.59. The van der Waals surface area contributed by atoms with E-state index in [1.54, 1.807) is 5.56 Å². The standard InChI is InChI=1S/C16H18/c1-2-4-11(5-3-1)16-13-7-8-14-12(10-13)6-9-15(14)16/h1-5,7-8,12-16H,6,9-10H2/t12-,13-,14+,15-,16?/m0/s1. The van der Waals surface area contributed by atoms with Crippen LogP contribution < -0.4 is 0 Å². The molecule has 0 spiro atoms. The van der Waals surface area contributed by atoms with Crippen LogP contribution in [-0.4, -0.2) is 0 Å². The molecule has 0 amide bonds. The van der Waals surface area contributed by atoms with Crippen molar-refractivity contribution in [2.45, 2.75) is 25.2 Å². The molecule has 0 aromatic heterocycles. The van der Waals surface area contributed by atoms with Crippen LogP contribution in [0.2, 0.25) is 0 Å². The maximum atomic E-state index is 2.54. The van der Waals surface area contributed by atoms with E-state index in [-0.39, 0.29) is 0 Å². The lowest BCUT2D eigenvalue weighted by molar-refractivity contribution is 0.176. The predicted octanol–water partition coefficient (Wildman–Crippen LogP) is 4.00. The van der Waals surface area contributed by atoms with Crippen molar-refractivity contribution < 1.29 is 0 Å². The summed E-state index contributed by atoms with van der Waals surface area (Å²) in [4.78, 5) is 0. The summed E-state index contributed by atoms with van der Waals surface area (Å²) in [5, 5.41) is 0. The van der Waals surface area contributed by atoms with Gasteiger partial charge in [0.2, 0.25) is 0 Å². The quantitative estimate of drug-likeness (QED) is 0.614. The van der Waals surface area contributed by atoms with Gasteiger partial charge < -0.3 is 0 Å². The molecule has 16 heavy (non-hydrogen) atoms. The second-order valence-electron chi connectivity index (χ2n) is 5.80. The number of benzene rings is 1. The monoisotopic (exact) mass is 210 g/mol. The van der Waals surface area contributed by atoms with Crippen molar-refractivity contribution in [2.75, 3.05) is 0 Å². The lowest BCUT2D eigenvalue weighted by Crippen LogP contribution is -2.35. The third kappa shape index (κ3) is 1.10. The number of allylic oxidation sites excluding steroid dienone is 2. The molecule has 4 bridgehead atoms. The molecule has 1 aromatic rings. The van der Waals surface area contributed by atoms with E-state index in [0.29, 0.717) is 0 Å². The highest BCUT2D eigenvalue weighted by Gasteiger charge is 2.49. The van der Waals surface area contributed by atoms with E-state index < -0.39 is 0 Å². The highest BCUT2D eigenvalue weighted by atomic mass is 14.5. The van der Waals surface area contributed by atoms with Crippen molar-refractivity contribution in [2.24, 2.45) is 23.7 Å². The van der Waals surface area contributed by atoms with Crippen LogP contribution in [0.4, 0.5) is 0 Å². The Labute approximate surface area is 97.4 Å². The Morgan fingerprint density at radius 2 is 1.81 bits per heavy atom. The largest absolute Gasteiger partial charge is 0.0845 e.